The highest BCUT2D eigenvalue weighted by molar-refractivity contribution is 5.28. The number of benzene rings is 1. The van der Waals surface area contributed by atoms with Crippen LogP contribution in [0.2, 0.25) is 0 Å². The molecule has 1 fully saturated rings. The van der Waals surface area contributed by atoms with Crippen molar-refractivity contribution in [2.75, 3.05) is 7.05 Å². The normalized spacial score (nSPS) is 19.1. The highest BCUT2D eigenvalue weighted by Gasteiger charge is 2.17. The summed E-state index contributed by atoms with van der Waals surface area (Å²) in [4.78, 5) is 0. The van der Waals surface area contributed by atoms with Crippen LogP contribution in [0.3, 0.4) is 0 Å². The summed E-state index contributed by atoms with van der Waals surface area (Å²) in [5, 5.41) is 3.42. The van der Waals surface area contributed by atoms with Crippen molar-refractivity contribution in [3.63, 3.8) is 0 Å². The number of hydrogen-bond donors (Lipinski definition) is 1. The minimum atomic E-state index is 0.477. The van der Waals surface area contributed by atoms with Gasteiger partial charge in [0.05, 0.1) is 0 Å². The van der Waals surface area contributed by atoms with E-state index in [1.165, 1.54) is 37.7 Å². The molecule has 1 aromatic carbocycles. The molecule has 0 radical (unpaired) electrons. The molecule has 0 heterocycles. The maximum Gasteiger partial charge on any atom is 0.0340 e. The highest BCUT2D eigenvalue weighted by Crippen LogP contribution is 2.33. The Bertz CT molecular complexity index is 346. The molecule has 1 nitrogen and oxygen atoms in total. The van der Waals surface area contributed by atoms with Crippen molar-refractivity contribution in [1.82, 2.24) is 5.32 Å². The van der Waals surface area contributed by atoms with E-state index in [9.17, 15) is 0 Å². The van der Waals surface area contributed by atoms with Gasteiger partial charge in [0, 0.05) is 6.04 Å². The fourth-order valence-corrected chi connectivity index (χ4v) is 3.30. The van der Waals surface area contributed by atoms with Crippen LogP contribution in [0.4, 0.5) is 0 Å². The predicted octanol–water partition coefficient (Wildman–Crippen LogP) is 4.65. The average molecular weight is 245 g/mol. The van der Waals surface area contributed by atoms with Crippen LogP contribution in [0, 0.1) is 5.92 Å². The van der Waals surface area contributed by atoms with E-state index in [1.807, 2.05) is 0 Å². The quantitative estimate of drug-likeness (QED) is 0.814. The summed E-state index contributed by atoms with van der Waals surface area (Å²) in [5.41, 5.74) is 2.98. The first kappa shape index (κ1) is 13.6. The number of rotatable bonds is 4. The molecule has 1 unspecified atom stereocenters. The van der Waals surface area contributed by atoms with Crippen molar-refractivity contribution in [3.05, 3.63) is 35.4 Å². The molecule has 1 aliphatic rings. The Morgan fingerprint density at radius 1 is 1.00 bits per heavy atom. The van der Waals surface area contributed by atoms with Crippen molar-refractivity contribution in [2.24, 2.45) is 5.92 Å². The third-order valence-electron chi connectivity index (χ3n) is 4.35. The molecule has 0 spiro atoms. The van der Waals surface area contributed by atoms with Crippen LogP contribution in [-0.2, 0) is 0 Å². The fourth-order valence-electron chi connectivity index (χ4n) is 3.30. The first-order chi connectivity index (χ1) is 8.72. The zero-order chi connectivity index (χ0) is 13.0. The first-order valence-electron chi connectivity index (χ1n) is 7.49. The highest BCUT2D eigenvalue weighted by atomic mass is 14.9. The molecule has 1 saturated carbocycles. The molecule has 18 heavy (non-hydrogen) atoms. The minimum Gasteiger partial charge on any atom is -0.313 e. The molecule has 1 heteroatoms. The Morgan fingerprint density at radius 3 is 2.11 bits per heavy atom. The molecule has 0 bridgehead atoms. The fraction of sp³-hybridized carbons (Fsp3) is 0.647. The minimum absolute atomic E-state index is 0.477. The van der Waals surface area contributed by atoms with Crippen LogP contribution in [-0.4, -0.2) is 7.05 Å². The Hall–Kier alpha value is -0.820. The van der Waals surface area contributed by atoms with Crippen LogP contribution in [0.5, 0.6) is 0 Å². The molecule has 100 valence electrons. The number of hydrogen-bond acceptors (Lipinski definition) is 1. The molecule has 1 atom stereocenters. The predicted molar refractivity (Wildman–Crippen MR) is 78.9 cm³/mol. The van der Waals surface area contributed by atoms with Gasteiger partial charge in [0.1, 0.15) is 0 Å². The summed E-state index contributed by atoms with van der Waals surface area (Å²) in [5.74, 6) is 1.45. The first-order valence-corrected chi connectivity index (χ1v) is 7.49. The third-order valence-corrected chi connectivity index (χ3v) is 4.35. The van der Waals surface area contributed by atoms with Gasteiger partial charge >= 0.3 is 0 Å². The Morgan fingerprint density at radius 2 is 1.61 bits per heavy atom. The standard InChI is InChI=1S/C17H27N/c1-13(2)17(18-3)16-11-9-15(10-12-16)14-7-5-4-6-8-14/h9-14,17-18H,4-8H2,1-3H3. The summed E-state index contributed by atoms with van der Waals surface area (Å²) in [6, 6.07) is 9.84. The SMILES string of the molecule is CNC(c1ccc(C2CCCCC2)cc1)C(C)C. The molecule has 2 rings (SSSR count). The van der Waals surface area contributed by atoms with Crippen LogP contribution < -0.4 is 5.32 Å². The van der Waals surface area contributed by atoms with E-state index in [-0.39, 0.29) is 0 Å². The summed E-state index contributed by atoms with van der Waals surface area (Å²) in [6.07, 6.45) is 7.04. The molecule has 1 aromatic rings. The van der Waals surface area contributed by atoms with Crippen LogP contribution in [0.15, 0.2) is 24.3 Å². The number of nitrogens with one attached hydrogen (secondary N) is 1. The second-order valence-electron chi connectivity index (χ2n) is 6.01. The zero-order valence-corrected chi connectivity index (χ0v) is 12.1. The lowest BCUT2D eigenvalue weighted by atomic mass is 9.83. The van der Waals surface area contributed by atoms with Gasteiger partial charge in [-0.05, 0) is 42.9 Å². The lowest BCUT2D eigenvalue weighted by Crippen LogP contribution is -2.21. The van der Waals surface area contributed by atoms with Crippen molar-refractivity contribution >= 4 is 0 Å². The lowest BCUT2D eigenvalue weighted by molar-refractivity contribution is 0.438. The molecule has 0 aliphatic heterocycles. The summed E-state index contributed by atoms with van der Waals surface area (Å²) >= 11 is 0. The van der Waals surface area contributed by atoms with Gasteiger partial charge in [-0.25, -0.2) is 0 Å². The second-order valence-corrected chi connectivity index (χ2v) is 6.01. The third kappa shape index (κ3) is 3.14. The Kier molecular flexibility index (Phi) is 4.82. The van der Waals surface area contributed by atoms with Crippen molar-refractivity contribution in [2.45, 2.75) is 57.9 Å². The molecule has 1 aliphatic carbocycles. The smallest absolute Gasteiger partial charge is 0.0340 e. The van der Waals surface area contributed by atoms with Crippen molar-refractivity contribution < 1.29 is 0 Å². The van der Waals surface area contributed by atoms with E-state index >= 15 is 0 Å². The second kappa shape index (κ2) is 6.38. The maximum absolute atomic E-state index is 3.42. The van der Waals surface area contributed by atoms with E-state index < -0.39 is 0 Å². The topological polar surface area (TPSA) is 12.0 Å². The molecule has 0 aromatic heterocycles. The van der Waals surface area contributed by atoms with Gasteiger partial charge in [-0.1, -0.05) is 57.4 Å². The van der Waals surface area contributed by atoms with Gasteiger partial charge in [-0.15, -0.1) is 0 Å². The largest absolute Gasteiger partial charge is 0.313 e. The lowest BCUT2D eigenvalue weighted by Gasteiger charge is -2.24. The van der Waals surface area contributed by atoms with Gasteiger partial charge in [-0.3, -0.25) is 0 Å². The van der Waals surface area contributed by atoms with E-state index in [0.29, 0.717) is 12.0 Å². The molecular formula is C17H27N. The monoisotopic (exact) mass is 245 g/mol. The summed E-state index contributed by atoms with van der Waals surface area (Å²) in [6.45, 7) is 4.55. The van der Waals surface area contributed by atoms with Crippen LogP contribution in [0.1, 0.15) is 69.0 Å². The Balaban J connectivity index is 2.08. The van der Waals surface area contributed by atoms with Crippen LogP contribution >= 0.6 is 0 Å². The molecule has 1 N–H and O–H groups in total. The van der Waals surface area contributed by atoms with E-state index in [0.717, 1.165) is 5.92 Å². The van der Waals surface area contributed by atoms with Gasteiger partial charge in [0.2, 0.25) is 0 Å². The van der Waals surface area contributed by atoms with E-state index in [4.69, 9.17) is 0 Å². The maximum atomic E-state index is 3.42. The summed E-state index contributed by atoms with van der Waals surface area (Å²) < 4.78 is 0. The van der Waals surface area contributed by atoms with Crippen molar-refractivity contribution in [1.29, 1.82) is 0 Å². The van der Waals surface area contributed by atoms with Gasteiger partial charge < -0.3 is 5.32 Å². The van der Waals surface area contributed by atoms with Gasteiger partial charge in [0.25, 0.3) is 0 Å². The average Bonchev–Trinajstić information content (AvgIpc) is 2.41. The zero-order valence-electron chi connectivity index (χ0n) is 12.1. The molecule has 0 amide bonds. The van der Waals surface area contributed by atoms with Crippen LogP contribution in [0.25, 0.3) is 0 Å². The van der Waals surface area contributed by atoms with E-state index in [1.54, 1.807) is 5.56 Å². The molecular weight excluding hydrogens is 218 g/mol. The van der Waals surface area contributed by atoms with Gasteiger partial charge in [0.15, 0.2) is 0 Å². The Labute approximate surface area is 112 Å². The van der Waals surface area contributed by atoms with Gasteiger partial charge in [-0.2, -0.15) is 0 Å². The van der Waals surface area contributed by atoms with E-state index in [2.05, 4.69) is 50.5 Å². The van der Waals surface area contributed by atoms with Crippen molar-refractivity contribution in [3.8, 4) is 0 Å². The summed E-state index contributed by atoms with van der Waals surface area (Å²) in [7, 11) is 2.06. The molecule has 0 saturated heterocycles.